The van der Waals surface area contributed by atoms with Gasteiger partial charge in [0.2, 0.25) is 0 Å². The van der Waals surface area contributed by atoms with Crippen LogP contribution in [0.4, 0.5) is 10.2 Å². The van der Waals surface area contributed by atoms with Crippen molar-refractivity contribution in [2.75, 3.05) is 5.32 Å². The van der Waals surface area contributed by atoms with E-state index in [1.807, 2.05) is 30.4 Å². The second kappa shape index (κ2) is 10.4. The number of nitrogens with two attached hydrogens (primary N) is 1. The van der Waals surface area contributed by atoms with E-state index in [0.29, 0.717) is 12.6 Å². The second-order valence-electron chi connectivity index (χ2n) is 6.98. The monoisotopic (exact) mass is 378 g/mol. The van der Waals surface area contributed by atoms with Crippen molar-refractivity contribution in [3.05, 3.63) is 84.0 Å². The van der Waals surface area contributed by atoms with Crippen LogP contribution in [0.25, 0.3) is 0 Å². The summed E-state index contributed by atoms with van der Waals surface area (Å²) in [6.45, 7) is 0.400. The van der Waals surface area contributed by atoms with Gasteiger partial charge in [0.05, 0.1) is 12.3 Å². The first-order chi connectivity index (χ1) is 13.7. The average Bonchev–Trinajstić information content (AvgIpc) is 2.72. The van der Waals surface area contributed by atoms with Crippen molar-refractivity contribution >= 4 is 11.5 Å². The molecule has 1 aromatic carbocycles. The van der Waals surface area contributed by atoms with Gasteiger partial charge in [-0.3, -0.25) is 4.99 Å². The van der Waals surface area contributed by atoms with Crippen LogP contribution in [0.15, 0.2) is 72.0 Å². The first kappa shape index (κ1) is 19.8. The van der Waals surface area contributed by atoms with E-state index in [9.17, 15) is 4.39 Å². The molecule has 4 nitrogen and oxygen atoms in total. The highest BCUT2D eigenvalue weighted by Gasteiger charge is 2.13. The smallest absolute Gasteiger partial charge is 0.126 e. The van der Waals surface area contributed by atoms with E-state index in [1.54, 1.807) is 18.3 Å². The number of pyridine rings is 1. The van der Waals surface area contributed by atoms with Crippen molar-refractivity contribution < 1.29 is 4.39 Å². The number of rotatable bonds is 7. The Morgan fingerprint density at radius 1 is 1.18 bits per heavy atom. The Balaban J connectivity index is 1.80. The van der Waals surface area contributed by atoms with Crippen LogP contribution in [0.5, 0.6) is 0 Å². The van der Waals surface area contributed by atoms with Crippen molar-refractivity contribution in [1.29, 1.82) is 0 Å². The van der Waals surface area contributed by atoms with Gasteiger partial charge in [0, 0.05) is 17.8 Å². The van der Waals surface area contributed by atoms with Gasteiger partial charge in [0.15, 0.2) is 0 Å². The number of nitrogens with zero attached hydrogens (tertiary/aromatic N) is 2. The fourth-order valence-electron chi connectivity index (χ4n) is 3.39. The SMILES string of the molecule is N/C=C/C=C\C(=NCc1cccc(F)c1)c1ccnc(NC2CCCCC2)c1. The highest BCUT2D eigenvalue weighted by Crippen LogP contribution is 2.21. The molecule has 3 rings (SSSR count). The molecule has 0 atom stereocenters. The Morgan fingerprint density at radius 2 is 2.04 bits per heavy atom. The van der Waals surface area contributed by atoms with Crippen LogP contribution in [0.3, 0.4) is 0 Å². The third-order valence-electron chi connectivity index (χ3n) is 4.81. The highest BCUT2D eigenvalue weighted by atomic mass is 19.1. The molecule has 1 fully saturated rings. The minimum atomic E-state index is -0.251. The van der Waals surface area contributed by atoms with Crippen LogP contribution < -0.4 is 11.1 Å². The summed E-state index contributed by atoms with van der Waals surface area (Å²) in [6.07, 6.45) is 15.0. The lowest BCUT2D eigenvalue weighted by atomic mass is 9.95. The molecule has 1 heterocycles. The fraction of sp³-hybridized carbons (Fsp3) is 0.304. The molecule has 2 aromatic rings. The molecule has 1 saturated carbocycles. The summed E-state index contributed by atoms with van der Waals surface area (Å²) in [5, 5.41) is 3.55. The first-order valence-corrected chi connectivity index (χ1v) is 9.81. The molecule has 0 bridgehead atoms. The van der Waals surface area contributed by atoms with E-state index < -0.39 is 0 Å². The maximum Gasteiger partial charge on any atom is 0.126 e. The van der Waals surface area contributed by atoms with Gasteiger partial charge in [-0.1, -0.05) is 37.5 Å². The highest BCUT2D eigenvalue weighted by molar-refractivity contribution is 6.09. The van der Waals surface area contributed by atoms with Gasteiger partial charge >= 0.3 is 0 Å². The quantitative estimate of drug-likeness (QED) is 0.527. The van der Waals surface area contributed by atoms with Gasteiger partial charge in [0.25, 0.3) is 0 Å². The van der Waals surface area contributed by atoms with Crippen molar-refractivity contribution in [1.82, 2.24) is 4.98 Å². The molecule has 1 aliphatic rings. The molecule has 0 saturated heterocycles. The number of benzene rings is 1. The van der Waals surface area contributed by atoms with Crippen molar-refractivity contribution in [2.24, 2.45) is 10.7 Å². The zero-order valence-corrected chi connectivity index (χ0v) is 16.0. The lowest BCUT2D eigenvalue weighted by Crippen LogP contribution is -2.22. The number of anilines is 1. The number of aromatic nitrogens is 1. The predicted molar refractivity (Wildman–Crippen MR) is 114 cm³/mol. The predicted octanol–water partition coefficient (Wildman–Crippen LogP) is 4.98. The molecule has 0 amide bonds. The lowest BCUT2D eigenvalue weighted by molar-refractivity contribution is 0.462. The minimum Gasteiger partial charge on any atom is -0.405 e. The molecule has 1 aliphatic carbocycles. The average molecular weight is 378 g/mol. The number of halogens is 1. The molecule has 0 aliphatic heterocycles. The van der Waals surface area contributed by atoms with Crippen LogP contribution in [-0.2, 0) is 6.54 Å². The van der Waals surface area contributed by atoms with Crippen LogP contribution in [0.1, 0.15) is 43.2 Å². The molecule has 146 valence electrons. The third-order valence-corrected chi connectivity index (χ3v) is 4.81. The van der Waals surface area contributed by atoms with E-state index >= 15 is 0 Å². The van der Waals surface area contributed by atoms with Crippen molar-refractivity contribution in [2.45, 2.75) is 44.7 Å². The Kier molecular flexibility index (Phi) is 7.36. The van der Waals surface area contributed by atoms with E-state index in [1.165, 1.54) is 50.4 Å². The van der Waals surface area contributed by atoms with E-state index in [2.05, 4.69) is 10.3 Å². The molecule has 5 heteroatoms. The number of allylic oxidation sites excluding steroid dienone is 3. The largest absolute Gasteiger partial charge is 0.405 e. The Labute approximate surface area is 166 Å². The fourth-order valence-corrected chi connectivity index (χ4v) is 3.39. The molecular formula is C23H27FN4. The summed E-state index contributed by atoms with van der Waals surface area (Å²) in [6, 6.07) is 11.0. The normalized spacial score (nSPS) is 16.1. The van der Waals surface area contributed by atoms with Crippen LogP contribution in [-0.4, -0.2) is 16.7 Å². The summed E-state index contributed by atoms with van der Waals surface area (Å²) in [5.41, 5.74) is 8.03. The van der Waals surface area contributed by atoms with E-state index in [4.69, 9.17) is 10.7 Å². The summed E-state index contributed by atoms with van der Waals surface area (Å²) in [5.74, 6) is 0.615. The third kappa shape index (κ3) is 6.05. The first-order valence-electron chi connectivity index (χ1n) is 9.81. The topological polar surface area (TPSA) is 63.3 Å². The zero-order valence-electron chi connectivity index (χ0n) is 16.0. The zero-order chi connectivity index (χ0) is 19.6. The van der Waals surface area contributed by atoms with Gasteiger partial charge in [-0.25, -0.2) is 9.37 Å². The minimum absolute atomic E-state index is 0.251. The summed E-state index contributed by atoms with van der Waals surface area (Å²) in [7, 11) is 0. The van der Waals surface area contributed by atoms with Crippen molar-refractivity contribution in [3.8, 4) is 0 Å². The molecule has 0 radical (unpaired) electrons. The Morgan fingerprint density at radius 3 is 2.82 bits per heavy atom. The van der Waals surface area contributed by atoms with Crippen molar-refractivity contribution in [3.63, 3.8) is 0 Å². The number of hydrogen-bond donors (Lipinski definition) is 2. The molecule has 3 N–H and O–H groups in total. The molecule has 0 unspecified atom stereocenters. The summed E-state index contributed by atoms with van der Waals surface area (Å²) < 4.78 is 13.4. The van der Waals surface area contributed by atoms with E-state index in [0.717, 1.165) is 22.7 Å². The van der Waals surface area contributed by atoms with Gasteiger partial charge in [-0.15, -0.1) is 0 Å². The molecule has 0 spiro atoms. The van der Waals surface area contributed by atoms with Crippen LogP contribution >= 0.6 is 0 Å². The summed E-state index contributed by atoms with van der Waals surface area (Å²) in [4.78, 5) is 9.17. The van der Waals surface area contributed by atoms with Gasteiger partial charge in [-0.05, 0) is 61.0 Å². The van der Waals surface area contributed by atoms with Gasteiger partial charge < -0.3 is 11.1 Å². The number of aliphatic imine (C=N–C) groups is 1. The Hall–Kier alpha value is -2.95. The maximum atomic E-state index is 13.4. The molecule has 28 heavy (non-hydrogen) atoms. The second-order valence-corrected chi connectivity index (χ2v) is 6.98. The lowest BCUT2D eigenvalue weighted by Gasteiger charge is -2.23. The maximum absolute atomic E-state index is 13.4. The Bertz CT molecular complexity index is 851. The van der Waals surface area contributed by atoms with Crippen LogP contribution in [0, 0.1) is 5.82 Å². The van der Waals surface area contributed by atoms with Crippen LogP contribution in [0.2, 0.25) is 0 Å². The number of nitrogens with one attached hydrogen (secondary N) is 1. The van der Waals surface area contributed by atoms with Gasteiger partial charge in [0.1, 0.15) is 11.6 Å². The molecular weight excluding hydrogens is 351 g/mol. The van der Waals surface area contributed by atoms with Gasteiger partial charge in [-0.2, -0.15) is 0 Å². The van der Waals surface area contributed by atoms with E-state index in [-0.39, 0.29) is 5.82 Å². The summed E-state index contributed by atoms with van der Waals surface area (Å²) >= 11 is 0. The standard InChI is InChI=1S/C23H27FN4/c24-20-8-6-7-18(15-20)17-27-22(11-4-5-13-25)19-12-14-26-23(16-19)28-21-9-2-1-3-10-21/h4-8,11-16,21H,1-3,9-10,17,25H2,(H,26,28)/b11-4-,13-5+,27-22?. The molecule has 1 aromatic heterocycles. The number of hydrogen-bond acceptors (Lipinski definition) is 4.